The van der Waals surface area contributed by atoms with Crippen molar-refractivity contribution < 1.29 is 4.74 Å². The number of rotatable bonds is 5. The zero-order valence-electron chi connectivity index (χ0n) is 10.6. The van der Waals surface area contributed by atoms with E-state index in [0.29, 0.717) is 6.04 Å². The van der Waals surface area contributed by atoms with Crippen LogP contribution in [0.4, 0.5) is 0 Å². The van der Waals surface area contributed by atoms with Gasteiger partial charge in [-0.3, -0.25) is 0 Å². The lowest BCUT2D eigenvalue weighted by Gasteiger charge is -2.19. The van der Waals surface area contributed by atoms with Crippen LogP contribution < -0.4 is 10.1 Å². The first-order chi connectivity index (χ1) is 8.33. The van der Waals surface area contributed by atoms with Crippen molar-refractivity contribution in [2.24, 2.45) is 0 Å². The Bertz CT molecular complexity index is 339. The summed E-state index contributed by atoms with van der Waals surface area (Å²) >= 11 is 2.00. The largest absolute Gasteiger partial charge is 0.497 e. The molecular formula is C14H21NOS. The second-order valence-electron chi connectivity index (χ2n) is 4.54. The maximum atomic E-state index is 5.16. The van der Waals surface area contributed by atoms with E-state index in [-0.39, 0.29) is 0 Å². The van der Waals surface area contributed by atoms with Crippen LogP contribution in [0, 0.1) is 0 Å². The zero-order valence-corrected chi connectivity index (χ0v) is 11.4. The number of thioether (sulfide) groups is 1. The zero-order chi connectivity index (χ0) is 12.1. The van der Waals surface area contributed by atoms with Crippen molar-refractivity contribution >= 4 is 11.8 Å². The van der Waals surface area contributed by atoms with E-state index in [4.69, 9.17) is 4.74 Å². The SMILES string of the molecule is COc1ccc(CNC2CCCC2SC)cc1. The highest BCUT2D eigenvalue weighted by atomic mass is 32.2. The molecule has 0 amide bonds. The molecule has 94 valence electrons. The first-order valence-corrected chi connectivity index (χ1v) is 7.51. The van der Waals surface area contributed by atoms with Crippen molar-refractivity contribution in [3.63, 3.8) is 0 Å². The molecule has 1 aliphatic carbocycles. The van der Waals surface area contributed by atoms with Gasteiger partial charge in [-0.25, -0.2) is 0 Å². The fourth-order valence-electron chi connectivity index (χ4n) is 2.43. The van der Waals surface area contributed by atoms with Crippen LogP contribution in [0.3, 0.4) is 0 Å². The minimum absolute atomic E-state index is 0.687. The van der Waals surface area contributed by atoms with Crippen LogP contribution in [0.25, 0.3) is 0 Å². The summed E-state index contributed by atoms with van der Waals surface area (Å²) in [6.07, 6.45) is 6.27. The number of methoxy groups -OCH3 is 1. The average molecular weight is 251 g/mol. The Labute approximate surface area is 108 Å². The van der Waals surface area contributed by atoms with Crippen LogP contribution in [-0.4, -0.2) is 24.7 Å². The Kier molecular flexibility index (Phi) is 4.75. The fraction of sp³-hybridized carbons (Fsp3) is 0.571. The smallest absolute Gasteiger partial charge is 0.118 e. The summed E-state index contributed by atoms with van der Waals surface area (Å²) in [7, 11) is 1.70. The number of hydrogen-bond acceptors (Lipinski definition) is 3. The molecule has 1 N–H and O–H groups in total. The van der Waals surface area contributed by atoms with Crippen LogP contribution in [0.1, 0.15) is 24.8 Å². The summed E-state index contributed by atoms with van der Waals surface area (Å²) in [4.78, 5) is 0. The van der Waals surface area contributed by atoms with Gasteiger partial charge in [-0.1, -0.05) is 18.6 Å². The number of ether oxygens (including phenoxy) is 1. The normalized spacial score (nSPS) is 23.9. The number of hydrogen-bond donors (Lipinski definition) is 1. The van der Waals surface area contributed by atoms with E-state index < -0.39 is 0 Å². The van der Waals surface area contributed by atoms with Gasteiger partial charge in [0.05, 0.1) is 7.11 Å². The lowest BCUT2D eigenvalue weighted by atomic mass is 10.2. The second kappa shape index (κ2) is 6.31. The molecule has 0 bridgehead atoms. The molecule has 1 fully saturated rings. The third-order valence-corrected chi connectivity index (χ3v) is 4.65. The summed E-state index contributed by atoms with van der Waals surface area (Å²) in [6, 6.07) is 9.01. The molecule has 0 saturated heterocycles. The molecule has 3 heteroatoms. The molecule has 1 aromatic rings. The molecule has 0 aliphatic heterocycles. The van der Waals surface area contributed by atoms with E-state index >= 15 is 0 Å². The van der Waals surface area contributed by atoms with Gasteiger partial charge in [-0.15, -0.1) is 0 Å². The van der Waals surface area contributed by atoms with Crippen LogP contribution in [0.5, 0.6) is 5.75 Å². The molecule has 2 atom stereocenters. The van der Waals surface area contributed by atoms with Crippen LogP contribution in [0.2, 0.25) is 0 Å². The lowest BCUT2D eigenvalue weighted by Crippen LogP contribution is -2.33. The third kappa shape index (κ3) is 3.39. The third-order valence-electron chi connectivity index (χ3n) is 3.48. The van der Waals surface area contributed by atoms with Crippen LogP contribution >= 0.6 is 11.8 Å². The maximum absolute atomic E-state index is 5.16. The summed E-state index contributed by atoms with van der Waals surface area (Å²) in [6.45, 7) is 0.964. The van der Waals surface area contributed by atoms with Gasteiger partial charge in [-0.05, 0) is 36.8 Å². The summed E-state index contributed by atoms with van der Waals surface area (Å²) < 4.78 is 5.16. The molecule has 0 radical (unpaired) electrons. The van der Waals surface area contributed by atoms with Gasteiger partial charge < -0.3 is 10.1 Å². The summed E-state index contributed by atoms with van der Waals surface area (Å²) in [5, 5.41) is 4.47. The van der Waals surface area contributed by atoms with Gasteiger partial charge >= 0.3 is 0 Å². The molecular weight excluding hydrogens is 230 g/mol. The highest BCUT2D eigenvalue weighted by Crippen LogP contribution is 2.28. The van der Waals surface area contributed by atoms with Crippen LogP contribution in [-0.2, 0) is 6.54 Å². The Morgan fingerprint density at radius 1 is 1.29 bits per heavy atom. The van der Waals surface area contributed by atoms with E-state index in [1.54, 1.807) is 7.11 Å². The maximum Gasteiger partial charge on any atom is 0.118 e. The van der Waals surface area contributed by atoms with Crippen molar-refractivity contribution in [3.8, 4) is 5.75 Å². The first kappa shape index (κ1) is 12.8. The highest BCUT2D eigenvalue weighted by Gasteiger charge is 2.25. The Balaban J connectivity index is 1.84. The molecule has 1 aliphatic rings. The van der Waals surface area contributed by atoms with E-state index in [1.807, 2.05) is 23.9 Å². The van der Waals surface area contributed by atoms with Gasteiger partial charge in [0.25, 0.3) is 0 Å². The molecule has 2 rings (SSSR count). The molecule has 0 spiro atoms. The molecule has 2 nitrogen and oxygen atoms in total. The predicted molar refractivity (Wildman–Crippen MR) is 74.8 cm³/mol. The van der Waals surface area contributed by atoms with Gasteiger partial charge in [0.1, 0.15) is 5.75 Å². The van der Waals surface area contributed by atoms with Gasteiger partial charge in [0.15, 0.2) is 0 Å². The highest BCUT2D eigenvalue weighted by molar-refractivity contribution is 7.99. The Morgan fingerprint density at radius 2 is 2.06 bits per heavy atom. The topological polar surface area (TPSA) is 21.3 Å². The van der Waals surface area contributed by atoms with E-state index in [1.165, 1.54) is 24.8 Å². The van der Waals surface area contributed by atoms with Crippen LogP contribution in [0.15, 0.2) is 24.3 Å². The minimum atomic E-state index is 0.687. The minimum Gasteiger partial charge on any atom is -0.497 e. The van der Waals surface area contributed by atoms with Gasteiger partial charge in [-0.2, -0.15) is 11.8 Å². The Hall–Kier alpha value is -0.670. The molecule has 0 heterocycles. The number of benzene rings is 1. The lowest BCUT2D eigenvalue weighted by molar-refractivity contribution is 0.414. The van der Waals surface area contributed by atoms with Crippen molar-refractivity contribution in [2.75, 3.05) is 13.4 Å². The van der Waals surface area contributed by atoms with E-state index in [2.05, 4.69) is 23.7 Å². The second-order valence-corrected chi connectivity index (χ2v) is 5.62. The molecule has 2 unspecified atom stereocenters. The summed E-state index contributed by atoms with van der Waals surface area (Å²) in [5.41, 5.74) is 1.33. The number of nitrogens with one attached hydrogen (secondary N) is 1. The standard InChI is InChI=1S/C14H21NOS/c1-16-12-8-6-11(7-9-12)10-15-13-4-3-5-14(13)17-2/h6-9,13-15H,3-5,10H2,1-2H3. The Morgan fingerprint density at radius 3 is 2.71 bits per heavy atom. The molecule has 1 saturated carbocycles. The first-order valence-electron chi connectivity index (χ1n) is 6.22. The molecule has 0 aromatic heterocycles. The summed E-state index contributed by atoms with van der Waals surface area (Å²) in [5.74, 6) is 0.927. The van der Waals surface area contributed by atoms with E-state index in [0.717, 1.165) is 17.5 Å². The predicted octanol–water partition coefficient (Wildman–Crippen LogP) is 3.07. The fourth-order valence-corrected chi connectivity index (χ4v) is 3.40. The van der Waals surface area contributed by atoms with Crippen molar-refractivity contribution in [1.82, 2.24) is 5.32 Å². The quantitative estimate of drug-likeness (QED) is 0.869. The average Bonchev–Trinajstić information content (AvgIpc) is 2.84. The van der Waals surface area contributed by atoms with Gasteiger partial charge in [0.2, 0.25) is 0 Å². The molecule has 17 heavy (non-hydrogen) atoms. The van der Waals surface area contributed by atoms with Crippen molar-refractivity contribution in [1.29, 1.82) is 0 Å². The molecule has 1 aromatic carbocycles. The van der Waals surface area contributed by atoms with Crippen molar-refractivity contribution in [3.05, 3.63) is 29.8 Å². The van der Waals surface area contributed by atoms with Gasteiger partial charge in [0, 0.05) is 17.8 Å². The monoisotopic (exact) mass is 251 g/mol. The van der Waals surface area contributed by atoms with Crippen molar-refractivity contribution in [2.45, 2.75) is 37.1 Å². The van der Waals surface area contributed by atoms with E-state index in [9.17, 15) is 0 Å².